The predicted octanol–water partition coefficient (Wildman–Crippen LogP) is 1.75. The molecule has 1 aromatic rings. The van der Waals surface area contributed by atoms with Crippen LogP contribution in [-0.4, -0.2) is 51.7 Å². The van der Waals surface area contributed by atoms with E-state index in [0.29, 0.717) is 5.69 Å². The summed E-state index contributed by atoms with van der Waals surface area (Å²) in [4.78, 5) is 15.1. The number of hydrogen-bond donors (Lipinski definition) is 1. The smallest absolute Gasteiger partial charge is 0.244 e. The predicted molar refractivity (Wildman–Crippen MR) is 90.7 cm³/mol. The largest absolute Gasteiger partial charge is 0.370 e. The molecule has 0 unspecified atom stereocenters. The number of sulfonamides is 1. The van der Waals surface area contributed by atoms with E-state index in [1.165, 1.54) is 25.9 Å². The molecule has 7 heteroatoms. The van der Waals surface area contributed by atoms with Gasteiger partial charge in [0.15, 0.2) is 5.25 Å². The van der Waals surface area contributed by atoms with E-state index in [1.807, 2.05) is 37.9 Å². The van der Waals surface area contributed by atoms with E-state index < -0.39 is 21.2 Å². The number of carbonyl (C=O) groups is 1. The van der Waals surface area contributed by atoms with E-state index in [1.54, 1.807) is 12.1 Å². The van der Waals surface area contributed by atoms with Crippen LogP contribution in [0.1, 0.15) is 20.8 Å². The Kier molecular flexibility index (Phi) is 5.82. The van der Waals surface area contributed by atoms with Crippen molar-refractivity contribution in [1.82, 2.24) is 4.90 Å². The van der Waals surface area contributed by atoms with Crippen molar-refractivity contribution >= 4 is 27.3 Å². The van der Waals surface area contributed by atoms with Crippen molar-refractivity contribution in [3.8, 4) is 0 Å². The van der Waals surface area contributed by atoms with Crippen LogP contribution < -0.4 is 9.62 Å². The molecule has 22 heavy (non-hydrogen) atoms. The minimum Gasteiger partial charge on any atom is -0.370 e. The number of para-hydroxylation sites is 2. The lowest BCUT2D eigenvalue weighted by Crippen LogP contribution is -2.40. The molecule has 0 aromatic heterocycles. The first-order valence-electron chi connectivity index (χ1n) is 7.12. The third kappa shape index (κ3) is 4.13. The molecular weight excluding hydrogens is 302 g/mol. The van der Waals surface area contributed by atoms with E-state index in [9.17, 15) is 13.2 Å². The van der Waals surface area contributed by atoms with Gasteiger partial charge >= 0.3 is 0 Å². The highest BCUT2D eigenvalue weighted by molar-refractivity contribution is 7.94. The number of rotatable bonds is 6. The van der Waals surface area contributed by atoms with E-state index in [4.69, 9.17) is 0 Å². The number of nitrogens with one attached hydrogen (secondary N) is 1. The summed E-state index contributed by atoms with van der Waals surface area (Å²) < 4.78 is 27.4. The summed E-state index contributed by atoms with van der Waals surface area (Å²) >= 11 is 0. The van der Waals surface area contributed by atoms with Crippen molar-refractivity contribution in [2.75, 3.05) is 30.8 Å². The molecule has 0 bridgehead atoms. The van der Waals surface area contributed by atoms with E-state index in [-0.39, 0.29) is 6.04 Å². The maximum absolute atomic E-state index is 12.4. The Morgan fingerprint density at radius 3 is 2.14 bits per heavy atom. The van der Waals surface area contributed by atoms with Crippen molar-refractivity contribution in [2.45, 2.75) is 32.1 Å². The minimum atomic E-state index is -3.81. The lowest BCUT2D eigenvalue weighted by Gasteiger charge is -2.27. The zero-order chi connectivity index (χ0) is 17.1. The molecule has 0 aliphatic heterocycles. The molecule has 6 nitrogen and oxygen atoms in total. The van der Waals surface area contributed by atoms with Gasteiger partial charge in [0.1, 0.15) is 0 Å². The highest BCUT2D eigenvalue weighted by atomic mass is 32.2. The molecule has 1 aromatic carbocycles. The first kappa shape index (κ1) is 18.3. The van der Waals surface area contributed by atoms with Crippen molar-refractivity contribution in [1.29, 1.82) is 0 Å². The average Bonchev–Trinajstić information content (AvgIpc) is 2.44. The Morgan fingerprint density at radius 2 is 1.64 bits per heavy atom. The van der Waals surface area contributed by atoms with Crippen molar-refractivity contribution < 1.29 is 13.2 Å². The van der Waals surface area contributed by atoms with Gasteiger partial charge in [0, 0.05) is 27.2 Å². The van der Waals surface area contributed by atoms with Crippen LogP contribution in [0.3, 0.4) is 0 Å². The molecule has 0 radical (unpaired) electrons. The van der Waals surface area contributed by atoms with Crippen LogP contribution in [0.25, 0.3) is 0 Å². The molecule has 1 N–H and O–H groups in total. The zero-order valence-electron chi connectivity index (χ0n) is 14.0. The third-order valence-corrected chi connectivity index (χ3v) is 5.20. The Hall–Kier alpha value is -1.76. The van der Waals surface area contributed by atoms with Crippen molar-refractivity contribution in [2.24, 2.45) is 0 Å². The number of hydrogen-bond acceptors (Lipinski definition) is 4. The Morgan fingerprint density at radius 1 is 1.09 bits per heavy atom. The summed E-state index contributed by atoms with van der Waals surface area (Å²) in [5.74, 6) is -0.456. The Balaban J connectivity index is 3.12. The molecule has 0 fully saturated rings. The van der Waals surface area contributed by atoms with Crippen LogP contribution in [-0.2, 0) is 14.8 Å². The maximum atomic E-state index is 12.4. The van der Waals surface area contributed by atoms with Gasteiger partial charge in [-0.2, -0.15) is 0 Å². The van der Waals surface area contributed by atoms with E-state index >= 15 is 0 Å². The van der Waals surface area contributed by atoms with Gasteiger partial charge in [-0.1, -0.05) is 12.1 Å². The van der Waals surface area contributed by atoms with Crippen LogP contribution in [0.15, 0.2) is 24.3 Å². The van der Waals surface area contributed by atoms with Gasteiger partial charge in [0.2, 0.25) is 15.9 Å². The molecule has 1 rings (SSSR count). The van der Waals surface area contributed by atoms with Crippen LogP contribution >= 0.6 is 0 Å². The van der Waals surface area contributed by atoms with Gasteiger partial charge < -0.3 is 9.80 Å². The standard InChI is InChI=1S/C15H25N3O3S/c1-11(2)18(6)14-10-8-7-9-13(14)16-22(20,21)12(3)15(19)17(4)5/h7-12,16H,1-6H3/t12-/m1/s1. The highest BCUT2D eigenvalue weighted by Gasteiger charge is 2.30. The van der Waals surface area contributed by atoms with Gasteiger partial charge in [0.25, 0.3) is 0 Å². The second-order valence-corrected chi connectivity index (χ2v) is 7.75. The number of anilines is 2. The summed E-state index contributed by atoms with van der Waals surface area (Å²) in [5.41, 5.74) is 1.24. The lowest BCUT2D eigenvalue weighted by molar-refractivity contribution is -0.127. The topological polar surface area (TPSA) is 69.7 Å². The molecule has 0 saturated carbocycles. The normalized spacial score (nSPS) is 12.9. The van der Waals surface area contributed by atoms with Crippen LogP contribution in [0.5, 0.6) is 0 Å². The summed E-state index contributed by atoms with van der Waals surface area (Å²) in [7, 11) is 1.16. The van der Waals surface area contributed by atoms with Crippen LogP contribution in [0, 0.1) is 0 Å². The summed E-state index contributed by atoms with van der Waals surface area (Å²) in [5, 5.41) is -1.15. The fourth-order valence-electron chi connectivity index (χ4n) is 1.88. The molecule has 0 heterocycles. The van der Waals surface area contributed by atoms with Gasteiger partial charge in [-0.3, -0.25) is 9.52 Å². The summed E-state index contributed by atoms with van der Waals surface area (Å²) in [6.45, 7) is 5.42. The summed E-state index contributed by atoms with van der Waals surface area (Å²) in [6.07, 6.45) is 0. The molecule has 0 spiro atoms. The maximum Gasteiger partial charge on any atom is 0.244 e. The minimum absolute atomic E-state index is 0.214. The van der Waals surface area contributed by atoms with E-state index in [2.05, 4.69) is 4.72 Å². The lowest BCUT2D eigenvalue weighted by atomic mass is 10.2. The van der Waals surface area contributed by atoms with Gasteiger partial charge in [-0.15, -0.1) is 0 Å². The monoisotopic (exact) mass is 327 g/mol. The summed E-state index contributed by atoms with van der Waals surface area (Å²) in [6, 6.07) is 7.36. The Bertz CT molecular complexity index is 627. The van der Waals surface area contributed by atoms with Crippen molar-refractivity contribution in [3.05, 3.63) is 24.3 Å². The van der Waals surface area contributed by atoms with Gasteiger partial charge in [-0.05, 0) is 32.9 Å². The molecule has 0 aliphatic carbocycles. The second kappa shape index (κ2) is 7.00. The fraction of sp³-hybridized carbons (Fsp3) is 0.533. The van der Waals surface area contributed by atoms with Crippen LogP contribution in [0.4, 0.5) is 11.4 Å². The van der Waals surface area contributed by atoms with Crippen molar-refractivity contribution in [3.63, 3.8) is 0 Å². The zero-order valence-corrected chi connectivity index (χ0v) is 14.8. The van der Waals surface area contributed by atoms with Gasteiger partial charge in [-0.25, -0.2) is 8.42 Å². The molecule has 0 aliphatic rings. The average molecular weight is 327 g/mol. The van der Waals surface area contributed by atoms with E-state index in [0.717, 1.165) is 5.69 Å². The Labute approximate surface area is 133 Å². The molecule has 1 amide bonds. The molecule has 0 saturated heterocycles. The quantitative estimate of drug-likeness (QED) is 0.864. The highest BCUT2D eigenvalue weighted by Crippen LogP contribution is 2.27. The second-order valence-electron chi connectivity index (χ2n) is 5.74. The third-order valence-electron chi connectivity index (χ3n) is 3.56. The number of benzene rings is 1. The molecule has 1 atom stereocenters. The first-order chi connectivity index (χ1) is 10.1. The number of nitrogens with zero attached hydrogens (tertiary/aromatic N) is 2. The molecule has 124 valence electrons. The van der Waals surface area contributed by atoms with Crippen LogP contribution in [0.2, 0.25) is 0 Å². The first-order valence-corrected chi connectivity index (χ1v) is 8.67. The number of amides is 1. The molecular formula is C15H25N3O3S. The fourth-order valence-corrected chi connectivity index (χ4v) is 3.02. The SMILES string of the molecule is CC(C)N(C)c1ccccc1NS(=O)(=O)[C@H](C)C(=O)N(C)C. The van der Waals surface area contributed by atoms with Gasteiger partial charge in [0.05, 0.1) is 11.4 Å². The number of carbonyl (C=O) groups excluding carboxylic acids is 1.